The van der Waals surface area contributed by atoms with E-state index in [0.717, 1.165) is 5.56 Å². The highest BCUT2D eigenvalue weighted by Crippen LogP contribution is 2.16. The summed E-state index contributed by atoms with van der Waals surface area (Å²) in [5.74, 6) is -0.790. The minimum absolute atomic E-state index is 0.00393. The largest absolute Gasteiger partial charge is 0.481 e. The number of hydrogen-bond donors (Lipinski definition) is 0. The molecule has 0 saturated heterocycles. The maximum absolute atomic E-state index is 13.6. The number of halogens is 1. The summed E-state index contributed by atoms with van der Waals surface area (Å²) in [6, 6.07) is 5.74. The van der Waals surface area contributed by atoms with Gasteiger partial charge in [0.05, 0.1) is 12.7 Å². The van der Waals surface area contributed by atoms with Gasteiger partial charge in [-0.15, -0.1) is 0 Å². The van der Waals surface area contributed by atoms with E-state index in [2.05, 4.69) is 9.97 Å². The van der Waals surface area contributed by atoms with Gasteiger partial charge in [0.1, 0.15) is 17.8 Å². The molecule has 4 nitrogen and oxygen atoms in total. The van der Waals surface area contributed by atoms with Crippen molar-refractivity contribution in [3.8, 4) is 5.88 Å². The Kier molecular flexibility index (Phi) is 3.32. The van der Waals surface area contributed by atoms with Gasteiger partial charge in [-0.25, -0.2) is 14.4 Å². The Morgan fingerprint density at radius 3 is 2.78 bits per heavy atom. The second-order valence-corrected chi connectivity index (χ2v) is 3.76. The van der Waals surface area contributed by atoms with Crippen LogP contribution in [0.3, 0.4) is 0 Å². The highest BCUT2D eigenvalue weighted by atomic mass is 19.1. The van der Waals surface area contributed by atoms with Crippen LogP contribution in [0.4, 0.5) is 4.39 Å². The second-order valence-electron chi connectivity index (χ2n) is 3.76. The molecule has 0 unspecified atom stereocenters. The maximum atomic E-state index is 13.6. The Balaban J connectivity index is 2.44. The highest BCUT2D eigenvalue weighted by molar-refractivity contribution is 6.08. The number of rotatable bonds is 3. The molecule has 0 N–H and O–H groups in total. The number of hydrogen-bond acceptors (Lipinski definition) is 4. The predicted molar refractivity (Wildman–Crippen MR) is 63.2 cm³/mol. The van der Waals surface area contributed by atoms with Crippen LogP contribution in [0.25, 0.3) is 0 Å². The molecular formula is C13H11FN2O2. The minimum Gasteiger partial charge on any atom is -0.481 e. The molecule has 0 bridgehead atoms. The zero-order chi connectivity index (χ0) is 13.1. The zero-order valence-corrected chi connectivity index (χ0v) is 9.98. The Morgan fingerprint density at radius 2 is 2.06 bits per heavy atom. The van der Waals surface area contributed by atoms with Gasteiger partial charge >= 0.3 is 0 Å². The van der Waals surface area contributed by atoms with Crippen LogP contribution in [0, 0.1) is 12.7 Å². The monoisotopic (exact) mass is 246 g/mol. The zero-order valence-electron chi connectivity index (χ0n) is 9.98. The normalized spacial score (nSPS) is 10.2. The number of benzene rings is 1. The molecule has 0 spiro atoms. The lowest BCUT2D eigenvalue weighted by molar-refractivity contribution is 0.103. The third-order valence-electron chi connectivity index (χ3n) is 2.45. The molecule has 2 aromatic rings. The summed E-state index contributed by atoms with van der Waals surface area (Å²) in [6.07, 6.45) is 1.21. The summed E-state index contributed by atoms with van der Waals surface area (Å²) in [4.78, 5) is 19.7. The van der Waals surface area contributed by atoms with Crippen molar-refractivity contribution in [1.29, 1.82) is 0 Å². The Morgan fingerprint density at radius 1 is 1.28 bits per heavy atom. The molecule has 2 rings (SSSR count). The molecule has 0 amide bonds. The molecule has 0 aliphatic rings. The van der Waals surface area contributed by atoms with E-state index in [4.69, 9.17) is 4.74 Å². The Hall–Kier alpha value is -2.30. The molecule has 0 atom stereocenters. The molecule has 0 radical (unpaired) electrons. The van der Waals surface area contributed by atoms with Crippen molar-refractivity contribution in [3.05, 3.63) is 53.2 Å². The Bertz CT molecular complexity index is 599. The minimum atomic E-state index is -0.567. The van der Waals surface area contributed by atoms with Crippen molar-refractivity contribution >= 4 is 5.78 Å². The van der Waals surface area contributed by atoms with Gasteiger partial charge in [-0.05, 0) is 19.1 Å². The van der Waals surface area contributed by atoms with Crippen molar-refractivity contribution < 1.29 is 13.9 Å². The first kappa shape index (κ1) is 12.2. The van der Waals surface area contributed by atoms with Crippen LogP contribution in [-0.4, -0.2) is 22.9 Å². The first-order valence-electron chi connectivity index (χ1n) is 5.28. The molecule has 0 aliphatic carbocycles. The van der Waals surface area contributed by atoms with Crippen LogP contribution in [-0.2, 0) is 0 Å². The lowest BCUT2D eigenvalue weighted by atomic mass is 10.0. The maximum Gasteiger partial charge on any atom is 0.216 e. The fourth-order valence-corrected chi connectivity index (χ4v) is 1.53. The molecule has 18 heavy (non-hydrogen) atoms. The van der Waals surface area contributed by atoms with Gasteiger partial charge < -0.3 is 4.74 Å². The van der Waals surface area contributed by atoms with Gasteiger partial charge in [0.25, 0.3) is 0 Å². The average molecular weight is 246 g/mol. The fourth-order valence-electron chi connectivity index (χ4n) is 1.53. The number of aryl methyl sites for hydroxylation is 1. The van der Waals surface area contributed by atoms with Crippen LogP contribution in [0.15, 0.2) is 30.6 Å². The van der Waals surface area contributed by atoms with E-state index in [9.17, 15) is 9.18 Å². The summed E-state index contributed by atoms with van der Waals surface area (Å²) in [5, 5.41) is 0. The summed E-state index contributed by atoms with van der Waals surface area (Å²) < 4.78 is 18.5. The van der Waals surface area contributed by atoms with E-state index in [0.29, 0.717) is 0 Å². The number of methoxy groups -OCH3 is 1. The van der Waals surface area contributed by atoms with Crippen LogP contribution >= 0.6 is 0 Å². The van der Waals surface area contributed by atoms with E-state index in [1.807, 2.05) is 0 Å². The van der Waals surface area contributed by atoms with Gasteiger partial charge in [0, 0.05) is 6.07 Å². The van der Waals surface area contributed by atoms with Crippen LogP contribution in [0.2, 0.25) is 0 Å². The number of aromatic nitrogens is 2. The topological polar surface area (TPSA) is 52.1 Å². The summed E-state index contributed by atoms with van der Waals surface area (Å²) in [7, 11) is 1.43. The van der Waals surface area contributed by atoms with Gasteiger partial charge in [-0.1, -0.05) is 11.6 Å². The fraction of sp³-hybridized carbons (Fsp3) is 0.154. The van der Waals surface area contributed by atoms with Crippen molar-refractivity contribution in [2.24, 2.45) is 0 Å². The van der Waals surface area contributed by atoms with Crippen molar-refractivity contribution in [2.75, 3.05) is 7.11 Å². The smallest absolute Gasteiger partial charge is 0.216 e. The number of ether oxygens (including phenoxy) is 1. The third-order valence-corrected chi connectivity index (χ3v) is 2.45. The molecule has 0 fully saturated rings. The molecule has 1 aromatic heterocycles. The summed E-state index contributed by atoms with van der Waals surface area (Å²) in [6.45, 7) is 1.79. The molecule has 0 saturated carbocycles. The van der Waals surface area contributed by atoms with E-state index in [1.54, 1.807) is 13.0 Å². The molecule has 92 valence electrons. The third kappa shape index (κ3) is 2.34. The first-order valence-corrected chi connectivity index (χ1v) is 5.28. The van der Waals surface area contributed by atoms with Crippen LogP contribution < -0.4 is 4.74 Å². The number of carbonyl (C=O) groups excluding carboxylic acids is 1. The van der Waals surface area contributed by atoms with Gasteiger partial charge in [0.2, 0.25) is 11.7 Å². The molecule has 1 heterocycles. The number of carbonyl (C=O) groups is 1. The Labute approximate surface area is 103 Å². The lowest BCUT2D eigenvalue weighted by Crippen LogP contribution is -2.07. The summed E-state index contributed by atoms with van der Waals surface area (Å²) >= 11 is 0. The number of nitrogens with zero attached hydrogens (tertiary/aromatic N) is 2. The van der Waals surface area contributed by atoms with Crippen molar-refractivity contribution in [1.82, 2.24) is 9.97 Å². The number of ketones is 1. The molecule has 1 aromatic carbocycles. The highest BCUT2D eigenvalue weighted by Gasteiger charge is 2.16. The van der Waals surface area contributed by atoms with Crippen molar-refractivity contribution in [2.45, 2.75) is 6.92 Å². The standard InChI is InChI=1S/C13H11FN2O2/c1-8-3-4-10(14)9(5-8)13(17)11-6-12(18-2)16-7-15-11/h3-7H,1-2H3. The van der Waals surface area contributed by atoms with Gasteiger partial charge in [-0.2, -0.15) is 0 Å². The van der Waals surface area contributed by atoms with E-state index in [1.165, 1.54) is 31.6 Å². The molecule has 0 aliphatic heterocycles. The van der Waals surface area contributed by atoms with Crippen LogP contribution in [0.5, 0.6) is 5.88 Å². The average Bonchev–Trinajstić information content (AvgIpc) is 2.41. The van der Waals surface area contributed by atoms with Crippen LogP contribution in [0.1, 0.15) is 21.6 Å². The second kappa shape index (κ2) is 4.91. The molecule has 5 heteroatoms. The van der Waals surface area contributed by atoms with E-state index in [-0.39, 0.29) is 17.1 Å². The van der Waals surface area contributed by atoms with E-state index < -0.39 is 11.6 Å². The quantitative estimate of drug-likeness (QED) is 0.779. The van der Waals surface area contributed by atoms with Gasteiger partial charge in [-0.3, -0.25) is 4.79 Å². The predicted octanol–water partition coefficient (Wildman–Crippen LogP) is 2.16. The summed E-state index contributed by atoms with van der Waals surface area (Å²) in [5.41, 5.74) is 0.905. The van der Waals surface area contributed by atoms with E-state index >= 15 is 0 Å². The van der Waals surface area contributed by atoms with Gasteiger partial charge in [0.15, 0.2) is 0 Å². The molecular weight excluding hydrogens is 235 g/mol. The lowest BCUT2D eigenvalue weighted by Gasteiger charge is -2.04. The van der Waals surface area contributed by atoms with Crippen molar-refractivity contribution in [3.63, 3.8) is 0 Å². The first-order chi connectivity index (χ1) is 8.61. The SMILES string of the molecule is COc1cc(C(=O)c2cc(C)ccc2F)ncn1.